The summed E-state index contributed by atoms with van der Waals surface area (Å²) in [5, 5.41) is 20.8. The summed E-state index contributed by atoms with van der Waals surface area (Å²) in [6, 6.07) is 4.87. The zero-order chi connectivity index (χ0) is 15.6. The van der Waals surface area contributed by atoms with Crippen molar-refractivity contribution in [3.63, 3.8) is 0 Å². The number of aliphatic carboxylic acids is 1. The average molecular weight is 292 g/mol. The molecule has 0 aliphatic heterocycles. The number of tetrazole rings is 1. The largest absolute Gasteiger partial charge is 0.479 e. The number of aryl methyl sites for hydroxylation is 1. The van der Waals surface area contributed by atoms with Crippen molar-refractivity contribution in [2.75, 3.05) is 0 Å². The highest BCUT2D eigenvalue weighted by Gasteiger charge is 2.40. The van der Waals surface area contributed by atoms with Crippen LogP contribution >= 0.6 is 0 Å². The van der Waals surface area contributed by atoms with Crippen LogP contribution < -0.4 is 0 Å². The highest BCUT2D eigenvalue weighted by atomic mass is 19.1. The first kappa shape index (κ1) is 15.1. The van der Waals surface area contributed by atoms with Crippen molar-refractivity contribution in [2.45, 2.75) is 39.2 Å². The summed E-state index contributed by atoms with van der Waals surface area (Å²) in [4.78, 5) is 11.7. The lowest BCUT2D eigenvalue weighted by Crippen LogP contribution is -2.42. The van der Waals surface area contributed by atoms with E-state index >= 15 is 0 Å². The van der Waals surface area contributed by atoms with Gasteiger partial charge in [-0.25, -0.2) is 13.9 Å². The van der Waals surface area contributed by atoms with Crippen molar-refractivity contribution in [3.05, 3.63) is 29.6 Å². The van der Waals surface area contributed by atoms with Crippen LogP contribution in [0.25, 0.3) is 11.4 Å². The third kappa shape index (κ3) is 2.28. The number of rotatable bonds is 5. The molecule has 0 fully saturated rings. The molecule has 0 saturated carbocycles. The molecule has 21 heavy (non-hydrogen) atoms. The van der Waals surface area contributed by atoms with Crippen molar-refractivity contribution in [2.24, 2.45) is 0 Å². The first-order chi connectivity index (χ1) is 9.97. The average Bonchev–Trinajstić information content (AvgIpc) is 2.93. The fraction of sp³-hybridized carbons (Fsp3) is 0.429. The number of halogens is 1. The minimum atomic E-state index is -1.28. The van der Waals surface area contributed by atoms with E-state index in [1.165, 1.54) is 4.68 Å². The Labute approximate surface area is 121 Å². The zero-order valence-corrected chi connectivity index (χ0v) is 12.2. The van der Waals surface area contributed by atoms with Gasteiger partial charge in [-0.15, -0.1) is 5.10 Å². The highest BCUT2D eigenvalue weighted by Crippen LogP contribution is 2.31. The van der Waals surface area contributed by atoms with Gasteiger partial charge in [0, 0.05) is 0 Å². The molecule has 0 radical (unpaired) electrons. The molecule has 2 rings (SSSR count). The number of benzene rings is 1. The van der Waals surface area contributed by atoms with Crippen molar-refractivity contribution in [1.82, 2.24) is 20.2 Å². The SMILES string of the molecule is CCC(CC)(C(=O)O)n1nnnc1-c1cccc(C)c1F. The molecule has 0 aliphatic carbocycles. The van der Waals surface area contributed by atoms with Crippen molar-refractivity contribution in [1.29, 1.82) is 0 Å². The van der Waals surface area contributed by atoms with E-state index < -0.39 is 17.3 Å². The number of hydrogen-bond acceptors (Lipinski definition) is 4. The third-order valence-electron chi connectivity index (χ3n) is 3.88. The molecular weight excluding hydrogens is 275 g/mol. The molecule has 0 atom stereocenters. The molecule has 0 unspecified atom stereocenters. The van der Waals surface area contributed by atoms with E-state index in [9.17, 15) is 14.3 Å². The highest BCUT2D eigenvalue weighted by molar-refractivity contribution is 5.77. The first-order valence-electron chi connectivity index (χ1n) is 6.75. The van der Waals surface area contributed by atoms with Crippen LogP contribution in [0.5, 0.6) is 0 Å². The number of carboxylic acid groups (broad SMARTS) is 1. The van der Waals surface area contributed by atoms with Gasteiger partial charge >= 0.3 is 5.97 Å². The lowest BCUT2D eigenvalue weighted by molar-refractivity contribution is -0.148. The van der Waals surface area contributed by atoms with E-state index in [4.69, 9.17) is 0 Å². The Kier molecular flexibility index (Phi) is 4.02. The van der Waals surface area contributed by atoms with Gasteiger partial charge < -0.3 is 5.11 Å². The summed E-state index contributed by atoms with van der Waals surface area (Å²) in [5.41, 5.74) is -0.627. The molecule has 1 aromatic carbocycles. The molecule has 7 heteroatoms. The van der Waals surface area contributed by atoms with Gasteiger partial charge in [0.05, 0.1) is 5.56 Å². The van der Waals surface area contributed by atoms with E-state index in [1.54, 1.807) is 39.0 Å². The fourth-order valence-corrected chi connectivity index (χ4v) is 2.41. The van der Waals surface area contributed by atoms with Crippen molar-refractivity contribution in [3.8, 4) is 11.4 Å². The number of hydrogen-bond donors (Lipinski definition) is 1. The number of carboxylic acids is 1. The second-order valence-corrected chi connectivity index (χ2v) is 4.89. The van der Waals surface area contributed by atoms with Gasteiger partial charge in [-0.05, 0) is 41.8 Å². The second kappa shape index (κ2) is 5.59. The van der Waals surface area contributed by atoms with E-state index in [1.807, 2.05) is 0 Å². The van der Waals surface area contributed by atoms with Gasteiger partial charge in [0.25, 0.3) is 0 Å². The number of aromatic nitrogens is 4. The summed E-state index contributed by atoms with van der Waals surface area (Å²) in [6.07, 6.45) is 0.592. The summed E-state index contributed by atoms with van der Waals surface area (Å²) < 4.78 is 15.5. The minimum absolute atomic E-state index is 0.127. The normalized spacial score (nSPS) is 11.6. The van der Waals surface area contributed by atoms with Crippen LogP contribution in [-0.2, 0) is 10.3 Å². The Morgan fingerprint density at radius 1 is 1.38 bits per heavy atom. The van der Waals surface area contributed by atoms with E-state index in [2.05, 4.69) is 15.5 Å². The van der Waals surface area contributed by atoms with Gasteiger partial charge in [-0.3, -0.25) is 0 Å². The maximum atomic E-state index is 14.3. The fourth-order valence-electron chi connectivity index (χ4n) is 2.41. The molecule has 0 amide bonds. The molecule has 1 N–H and O–H groups in total. The Hall–Kier alpha value is -2.31. The van der Waals surface area contributed by atoms with E-state index in [0.29, 0.717) is 18.4 Å². The third-order valence-corrected chi connectivity index (χ3v) is 3.88. The Bertz CT molecular complexity index is 665. The summed E-state index contributed by atoms with van der Waals surface area (Å²) in [5.74, 6) is -1.35. The van der Waals surface area contributed by atoms with E-state index in [0.717, 1.165) is 0 Å². The van der Waals surface area contributed by atoms with Crippen LogP contribution in [0.1, 0.15) is 32.3 Å². The number of nitrogens with zero attached hydrogens (tertiary/aromatic N) is 4. The minimum Gasteiger partial charge on any atom is -0.479 e. The molecule has 0 spiro atoms. The van der Waals surface area contributed by atoms with Crippen LogP contribution in [0.3, 0.4) is 0 Å². The maximum absolute atomic E-state index is 14.3. The lowest BCUT2D eigenvalue weighted by Gasteiger charge is -2.27. The topological polar surface area (TPSA) is 80.9 Å². The first-order valence-corrected chi connectivity index (χ1v) is 6.75. The van der Waals surface area contributed by atoms with Gasteiger partial charge in [0.2, 0.25) is 0 Å². The molecule has 1 aromatic heterocycles. The van der Waals surface area contributed by atoms with Gasteiger partial charge in [-0.2, -0.15) is 0 Å². The van der Waals surface area contributed by atoms with Crippen molar-refractivity contribution >= 4 is 5.97 Å². The summed E-state index contributed by atoms with van der Waals surface area (Å²) >= 11 is 0. The zero-order valence-electron chi connectivity index (χ0n) is 12.2. The van der Waals surface area contributed by atoms with Crippen LogP contribution in [-0.4, -0.2) is 31.3 Å². The standard InChI is InChI=1S/C14H17FN4O2/c1-4-14(5-2,13(20)21)19-12(16-17-18-19)10-8-6-7-9(3)11(10)15/h6-8H,4-5H2,1-3H3,(H,20,21). The van der Waals surface area contributed by atoms with Crippen LogP contribution in [0.2, 0.25) is 0 Å². The Morgan fingerprint density at radius 2 is 2.05 bits per heavy atom. The molecule has 6 nitrogen and oxygen atoms in total. The molecule has 1 heterocycles. The molecule has 0 bridgehead atoms. The predicted octanol–water partition coefficient (Wildman–Crippen LogP) is 2.39. The van der Waals surface area contributed by atoms with Crippen LogP contribution in [0.4, 0.5) is 4.39 Å². The Balaban J connectivity index is 2.68. The van der Waals surface area contributed by atoms with Gasteiger partial charge in [0.1, 0.15) is 5.82 Å². The van der Waals surface area contributed by atoms with Gasteiger partial charge in [-0.1, -0.05) is 26.0 Å². The lowest BCUT2D eigenvalue weighted by atomic mass is 9.92. The van der Waals surface area contributed by atoms with Crippen molar-refractivity contribution < 1.29 is 14.3 Å². The van der Waals surface area contributed by atoms with Crippen LogP contribution in [0, 0.1) is 12.7 Å². The van der Waals surface area contributed by atoms with Crippen LogP contribution in [0.15, 0.2) is 18.2 Å². The smallest absolute Gasteiger partial charge is 0.331 e. The van der Waals surface area contributed by atoms with E-state index in [-0.39, 0.29) is 11.4 Å². The predicted molar refractivity (Wildman–Crippen MR) is 74.1 cm³/mol. The number of carbonyl (C=O) groups is 1. The molecular formula is C14H17FN4O2. The second-order valence-electron chi connectivity index (χ2n) is 4.89. The Morgan fingerprint density at radius 3 is 2.62 bits per heavy atom. The summed E-state index contributed by atoms with van der Waals surface area (Å²) in [7, 11) is 0. The summed E-state index contributed by atoms with van der Waals surface area (Å²) in [6.45, 7) is 5.13. The monoisotopic (exact) mass is 292 g/mol. The molecule has 112 valence electrons. The molecule has 0 saturated heterocycles. The maximum Gasteiger partial charge on any atom is 0.331 e. The quantitative estimate of drug-likeness (QED) is 0.915. The van der Waals surface area contributed by atoms with Gasteiger partial charge in [0.15, 0.2) is 11.4 Å². The molecule has 0 aliphatic rings. The molecule has 2 aromatic rings.